The molecule has 0 aromatic rings. The second kappa shape index (κ2) is 7.68. The van der Waals surface area contributed by atoms with Gasteiger partial charge >= 0.3 is 12.3 Å². The Kier molecular flexibility index (Phi) is 8.38. The van der Waals surface area contributed by atoms with Crippen molar-refractivity contribution in [2.75, 3.05) is 6.54 Å². The van der Waals surface area contributed by atoms with Gasteiger partial charge in [0, 0.05) is 0 Å². The van der Waals surface area contributed by atoms with Crippen molar-refractivity contribution in [3.05, 3.63) is 0 Å². The van der Waals surface area contributed by atoms with Crippen molar-refractivity contribution < 1.29 is 22.7 Å². The Labute approximate surface area is 111 Å². The average Bonchev–Trinajstić information content (AvgIpc) is 2.07. The quantitative estimate of drug-likeness (QED) is 0.837. The first kappa shape index (κ1) is 19.6. The van der Waals surface area contributed by atoms with Crippen LogP contribution in [-0.4, -0.2) is 30.5 Å². The third-order valence-corrected chi connectivity index (χ3v) is 1.78. The Morgan fingerprint density at radius 1 is 1.33 bits per heavy atom. The molecule has 0 radical (unpaired) electrons. The molecule has 3 N–H and O–H groups in total. The van der Waals surface area contributed by atoms with Crippen LogP contribution in [0, 0.1) is 0 Å². The van der Waals surface area contributed by atoms with Gasteiger partial charge in [-0.3, -0.25) is 0 Å². The number of carbonyl (C=O) groups is 1. The molecule has 0 aliphatic carbocycles. The fourth-order valence-corrected chi connectivity index (χ4v) is 1.09. The standard InChI is InChI=1S/C10H19F3N2O2.ClH/c1-9(2,3)17-8(16)15-7(5-4-6-14)10(11,12)13;/h7H,4-6,14H2,1-3H3,(H,15,16);1H. The molecule has 0 aliphatic rings. The molecule has 0 bridgehead atoms. The van der Waals surface area contributed by atoms with Gasteiger partial charge in [-0.2, -0.15) is 13.2 Å². The molecule has 0 aromatic heterocycles. The van der Waals surface area contributed by atoms with E-state index in [1.165, 1.54) is 0 Å². The van der Waals surface area contributed by atoms with E-state index in [0.717, 1.165) is 0 Å². The van der Waals surface area contributed by atoms with E-state index in [9.17, 15) is 18.0 Å². The highest BCUT2D eigenvalue weighted by molar-refractivity contribution is 5.85. The summed E-state index contributed by atoms with van der Waals surface area (Å²) in [7, 11) is 0. The highest BCUT2D eigenvalue weighted by Gasteiger charge is 2.40. The van der Waals surface area contributed by atoms with Crippen LogP contribution < -0.4 is 11.1 Å². The van der Waals surface area contributed by atoms with E-state index in [1.807, 2.05) is 0 Å². The molecular formula is C10H20ClF3N2O2. The van der Waals surface area contributed by atoms with Gasteiger partial charge in [0.15, 0.2) is 0 Å². The van der Waals surface area contributed by atoms with Crippen molar-refractivity contribution in [1.29, 1.82) is 0 Å². The largest absolute Gasteiger partial charge is 0.444 e. The van der Waals surface area contributed by atoms with Gasteiger partial charge in [-0.05, 0) is 40.2 Å². The molecule has 0 saturated carbocycles. The Balaban J connectivity index is 0. The maximum Gasteiger partial charge on any atom is 0.408 e. The summed E-state index contributed by atoms with van der Waals surface area (Å²) < 4.78 is 42.3. The highest BCUT2D eigenvalue weighted by atomic mass is 35.5. The summed E-state index contributed by atoms with van der Waals surface area (Å²) in [6, 6.07) is -1.92. The van der Waals surface area contributed by atoms with E-state index < -0.39 is 23.9 Å². The van der Waals surface area contributed by atoms with Gasteiger partial charge < -0.3 is 15.8 Å². The maximum absolute atomic E-state index is 12.5. The molecule has 1 unspecified atom stereocenters. The van der Waals surface area contributed by atoms with Crippen LogP contribution in [0.1, 0.15) is 33.6 Å². The van der Waals surface area contributed by atoms with E-state index in [0.29, 0.717) is 0 Å². The van der Waals surface area contributed by atoms with Crippen molar-refractivity contribution >= 4 is 18.5 Å². The second-order valence-electron chi connectivity index (χ2n) is 4.67. The zero-order chi connectivity index (χ0) is 13.7. The number of nitrogens with two attached hydrogens (primary N) is 1. The minimum atomic E-state index is -4.49. The van der Waals surface area contributed by atoms with Gasteiger partial charge in [0.2, 0.25) is 0 Å². The number of alkyl halides is 3. The summed E-state index contributed by atoms with van der Waals surface area (Å²) in [4.78, 5) is 11.2. The SMILES string of the molecule is CC(C)(C)OC(=O)NC(CCCN)C(F)(F)F.Cl. The minimum Gasteiger partial charge on any atom is -0.444 e. The molecule has 1 amide bonds. The topological polar surface area (TPSA) is 64.3 Å². The molecule has 8 heteroatoms. The fraction of sp³-hybridized carbons (Fsp3) is 0.900. The van der Waals surface area contributed by atoms with Crippen LogP contribution in [0.2, 0.25) is 0 Å². The van der Waals surface area contributed by atoms with Gasteiger partial charge in [-0.15, -0.1) is 12.4 Å². The van der Waals surface area contributed by atoms with E-state index >= 15 is 0 Å². The van der Waals surface area contributed by atoms with Gasteiger partial charge in [-0.25, -0.2) is 4.79 Å². The smallest absolute Gasteiger partial charge is 0.408 e. The third-order valence-electron chi connectivity index (χ3n) is 1.78. The molecule has 110 valence electrons. The number of ether oxygens (including phenoxy) is 1. The minimum absolute atomic E-state index is 0. The number of hydrogen-bond acceptors (Lipinski definition) is 3. The van der Waals surface area contributed by atoms with Gasteiger partial charge in [0.25, 0.3) is 0 Å². The van der Waals surface area contributed by atoms with Crippen molar-refractivity contribution in [2.45, 2.75) is 51.4 Å². The van der Waals surface area contributed by atoms with Crippen molar-refractivity contribution in [1.82, 2.24) is 5.32 Å². The van der Waals surface area contributed by atoms with Crippen LogP contribution in [0.15, 0.2) is 0 Å². The number of rotatable bonds is 4. The number of nitrogens with one attached hydrogen (secondary N) is 1. The average molecular weight is 293 g/mol. The third kappa shape index (κ3) is 9.35. The Morgan fingerprint density at radius 2 is 1.83 bits per heavy atom. The van der Waals surface area contributed by atoms with E-state index in [2.05, 4.69) is 0 Å². The molecule has 0 spiro atoms. The van der Waals surface area contributed by atoms with Crippen LogP contribution in [0.3, 0.4) is 0 Å². The number of halogens is 4. The predicted octanol–water partition coefficient (Wildman–Crippen LogP) is 2.60. The summed E-state index contributed by atoms with van der Waals surface area (Å²) >= 11 is 0. The molecule has 0 rings (SSSR count). The molecule has 0 saturated heterocycles. The first-order chi connectivity index (χ1) is 7.56. The number of hydrogen-bond donors (Lipinski definition) is 2. The van der Waals surface area contributed by atoms with E-state index in [-0.39, 0.29) is 31.8 Å². The molecule has 18 heavy (non-hydrogen) atoms. The molecule has 0 heterocycles. The number of alkyl carbamates (subject to hydrolysis) is 1. The molecule has 0 fully saturated rings. The number of amides is 1. The Hall–Kier alpha value is -0.690. The zero-order valence-electron chi connectivity index (χ0n) is 10.6. The van der Waals surface area contributed by atoms with E-state index in [4.69, 9.17) is 10.5 Å². The lowest BCUT2D eigenvalue weighted by Crippen LogP contribution is -2.47. The van der Waals surface area contributed by atoms with Gasteiger partial charge in [-0.1, -0.05) is 0 Å². The summed E-state index contributed by atoms with van der Waals surface area (Å²) in [6.07, 6.45) is -5.64. The fourth-order valence-electron chi connectivity index (χ4n) is 1.09. The predicted molar refractivity (Wildman–Crippen MR) is 64.7 cm³/mol. The summed E-state index contributed by atoms with van der Waals surface area (Å²) in [6.45, 7) is 4.88. The first-order valence-electron chi connectivity index (χ1n) is 5.32. The Morgan fingerprint density at radius 3 is 2.17 bits per heavy atom. The molecular weight excluding hydrogens is 273 g/mol. The van der Waals surface area contributed by atoms with Gasteiger partial charge in [0.1, 0.15) is 11.6 Å². The summed E-state index contributed by atoms with van der Waals surface area (Å²) in [5, 5.41) is 1.81. The zero-order valence-corrected chi connectivity index (χ0v) is 11.5. The molecule has 1 atom stereocenters. The second-order valence-corrected chi connectivity index (χ2v) is 4.67. The lowest BCUT2D eigenvalue weighted by Gasteiger charge is -2.25. The molecule has 0 aromatic carbocycles. The monoisotopic (exact) mass is 292 g/mol. The van der Waals surface area contributed by atoms with Crippen LogP contribution in [-0.2, 0) is 4.74 Å². The maximum atomic E-state index is 12.5. The first-order valence-corrected chi connectivity index (χ1v) is 5.32. The van der Waals surface area contributed by atoms with Crippen LogP contribution in [0.4, 0.5) is 18.0 Å². The normalized spacial score (nSPS) is 13.5. The number of carbonyl (C=O) groups excluding carboxylic acids is 1. The van der Waals surface area contributed by atoms with E-state index in [1.54, 1.807) is 26.1 Å². The molecule has 0 aliphatic heterocycles. The lowest BCUT2D eigenvalue weighted by atomic mass is 10.1. The lowest BCUT2D eigenvalue weighted by molar-refractivity contribution is -0.156. The summed E-state index contributed by atoms with van der Waals surface area (Å²) in [5.41, 5.74) is 4.32. The van der Waals surface area contributed by atoms with Crippen LogP contribution in [0.25, 0.3) is 0 Å². The molecule has 4 nitrogen and oxygen atoms in total. The van der Waals surface area contributed by atoms with Gasteiger partial charge in [0.05, 0.1) is 0 Å². The highest BCUT2D eigenvalue weighted by Crippen LogP contribution is 2.23. The summed E-state index contributed by atoms with van der Waals surface area (Å²) in [5.74, 6) is 0. The van der Waals surface area contributed by atoms with Crippen LogP contribution >= 0.6 is 12.4 Å². The Bertz CT molecular complexity index is 254. The van der Waals surface area contributed by atoms with Crippen molar-refractivity contribution in [2.24, 2.45) is 5.73 Å². The van der Waals surface area contributed by atoms with Crippen molar-refractivity contribution in [3.63, 3.8) is 0 Å². The van der Waals surface area contributed by atoms with Crippen molar-refractivity contribution in [3.8, 4) is 0 Å². The van der Waals surface area contributed by atoms with Crippen LogP contribution in [0.5, 0.6) is 0 Å².